The summed E-state index contributed by atoms with van der Waals surface area (Å²) in [7, 11) is -4.66. The second kappa shape index (κ2) is 7.63. The fraction of sp³-hybridized carbons (Fsp3) is 0.0588. The van der Waals surface area contributed by atoms with E-state index in [1.165, 1.54) is 18.2 Å². The quantitative estimate of drug-likeness (QED) is 0.442. The Balaban J connectivity index is 0.00000225. The van der Waals surface area contributed by atoms with Gasteiger partial charge in [-0.2, -0.15) is 5.10 Å². The van der Waals surface area contributed by atoms with Crippen LogP contribution in [0.15, 0.2) is 58.5 Å². The molecule has 0 bridgehead atoms. The summed E-state index contributed by atoms with van der Waals surface area (Å²) in [5, 5.41) is 4.04. The molecular formula is C17H13N2NaO4S. The Kier molecular flexibility index (Phi) is 5.97. The summed E-state index contributed by atoms with van der Waals surface area (Å²) in [6.45, 7) is 1.68. The van der Waals surface area contributed by atoms with Gasteiger partial charge >= 0.3 is 29.6 Å². The van der Waals surface area contributed by atoms with Gasteiger partial charge in [0.1, 0.15) is 15.8 Å². The third-order valence-electron chi connectivity index (χ3n) is 3.56. The van der Waals surface area contributed by atoms with E-state index in [2.05, 4.69) is 10.5 Å². The van der Waals surface area contributed by atoms with Gasteiger partial charge < -0.3 is 4.55 Å². The topological polar surface area (TPSA) is 98.7 Å². The zero-order valence-corrected chi connectivity index (χ0v) is 16.5. The Labute approximate surface area is 167 Å². The number of carbonyl (C=O) groups is 1. The van der Waals surface area contributed by atoms with Gasteiger partial charge in [0.25, 0.3) is 0 Å². The molecule has 2 aromatic rings. The average molecular weight is 364 g/mol. The molecule has 1 aliphatic rings. The first kappa shape index (κ1) is 19.6. The molecule has 0 saturated carbocycles. The fourth-order valence-corrected chi connectivity index (χ4v) is 3.11. The first-order chi connectivity index (χ1) is 11.4. The van der Waals surface area contributed by atoms with E-state index in [4.69, 9.17) is 0 Å². The molecule has 0 atom stereocenters. The molecule has 8 heteroatoms. The molecule has 0 amide bonds. The Morgan fingerprint density at radius 2 is 1.80 bits per heavy atom. The monoisotopic (exact) mass is 364 g/mol. The van der Waals surface area contributed by atoms with Gasteiger partial charge in [0.2, 0.25) is 5.78 Å². The van der Waals surface area contributed by atoms with Crippen molar-refractivity contribution in [3.63, 3.8) is 0 Å². The van der Waals surface area contributed by atoms with Crippen molar-refractivity contribution >= 4 is 33.4 Å². The van der Waals surface area contributed by atoms with E-state index >= 15 is 0 Å². The number of anilines is 1. The molecule has 1 aliphatic carbocycles. The second-order valence-electron chi connectivity index (χ2n) is 5.31. The van der Waals surface area contributed by atoms with Crippen LogP contribution in [0.2, 0.25) is 0 Å². The third kappa shape index (κ3) is 4.26. The van der Waals surface area contributed by atoms with Crippen molar-refractivity contribution in [2.75, 3.05) is 5.43 Å². The van der Waals surface area contributed by atoms with Crippen LogP contribution in [0.3, 0.4) is 0 Å². The zero-order chi connectivity index (χ0) is 17.3. The fourth-order valence-electron chi connectivity index (χ4n) is 2.40. The minimum atomic E-state index is -4.66. The second-order valence-corrected chi connectivity index (χ2v) is 6.66. The number of allylic oxidation sites excluding steroid dienone is 1. The number of nitrogens with one attached hydrogen (secondary N) is 1. The summed E-state index contributed by atoms with van der Waals surface area (Å²) in [4.78, 5) is 11.7. The van der Waals surface area contributed by atoms with Gasteiger partial charge in [-0.25, -0.2) is 8.42 Å². The van der Waals surface area contributed by atoms with Crippen molar-refractivity contribution in [3.05, 3.63) is 65.2 Å². The number of aryl methyl sites for hydroxylation is 1. The molecule has 0 aromatic heterocycles. The Morgan fingerprint density at radius 1 is 1.08 bits per heavy atom. The van der Waals surface area contributed by atoms with Gasteiger partial charge in [0.15, 0.2) is 0 Å². The van der Waals surface area contributed by atoms with E-state index in [0.717, 1.165) is 5.56 Å². The van der Waals surface area contributed by atoms with Gasteiger partial charge in [-0.05, 0) is 36.3 Å². The van der Waals surface area contributed by atoms with E-state index < -0.39 is 15.0 Å². The summed E-state index contributed by atoms with van der Waals surface area (Å²) < 4.78 is 34.2. The zero-order valence-electron chi connectivity index (χ0n) is 13.7. The van der Waals surface area contributed by atoms with Crippen molar-refractivity contribution in [1.29, 1.82) is 0 Å². The molecule has 0 saturated heterocycles. The number of hydrogen-bond donors (Lipinski definition) is 1. The minimum absolute atomic E-state index is 0. The summed E-state index contributed by atoms with van der Waals surface area (Å²) in [6.07, 6.45) is 3.08. The molecular weight excluding hydrogens is 351 g/mol. The van der Waals surface area contributed by atoms with Crippen LogP contribution in [0.25, 0.3) is 6.08 Å². The number of hydrazone groups is 1. The van der Waals surface area contributed by atoms with Gasteiger partial charge in [0.05, 0.1) is 10.6 Å². The molecule has 0 heterocycles. The molecule has 0 radical (unpaired) electrons. The van der Waals surface area contributed by atoms with E-state index in [1.54, 1.807) is 31.2 Å². The largest absolute Gasteiger partial charge is 1.00 e. The predicted molar refractivity (Wildman–Crippen MR) is 89.8 cm³/mol. The Morgan fingerprint density at radius 3 is 2.52 bits per heavy atom. The summed E-state index contributed by atoms with van der Waals surface area (Å²) in [5.74, 6) is -0.306. The van der Waals surface area contributed by atoms with Gasteiger partial charge in [-0.3, -0.25) is 10.2 Å². The SMILES string of the molecule is Cc1ccc(N/N=C2\C(=O)C=Cc3ccccc32)c(S(=O)(=O)[O-])c1.[Na+]. The third-order valence-corrected chi connectivity index (χ3v) is 4.43. The van der Waals surface area contributed by atoms with E-state index in [1.807, 2.05) is 12.1 Å². The summed E-state index contributed by atoms with van der Waals surface area (Å²) in [6, 6.07) is 11.6. The number of carbonyl (C=O) groups excluding carboxylic acids is 1. The summed E-state index contributed by atoms with van der Waals surface area (Å²) in [5.41, 5.74) is 4.82. The maximum Gasteiger partial charge on any atom is 1.00 e. The Bertz CT molecular complexity index is 997. The number of nitrogens with zero attached hydrogens (tertiary/aromatic N) is 1. The van der Waals surface area contributed by atoms with Crippen LogP contribution in [0.5, 0.6) is 0 Å². The van der Waals surface area contributed by atoms with Crippen LogP contribution in [0.1, 0.15) is 16.7 Å². The maximum absolute atomic E-state index is 12.1. The normalized spacial score (nSPS) is 14.8. The first-order valence-corrected chi connectivity index (χ1v) is 8.49. The molecule has 0 aliphatic heterocycles. The molecule has 2 aromatic carbocycles. The molecule has 6 nitrogen and oxygen atoms in total. The molecule has 0 spiro atoms. The molecule has 3 rings (SSSR count). The molecule has 0 unspecified atom stereocenters. The minimum Gasteiger partial charge on any atom is -0.744 e. The van der Waals surface area contributed by atoms with Gasteiger partial charge in [0, 0.05) is 5.56 Å². The van der Waals surface area contributed by atoms with Crippen LogP contribution >= 0.6 is 0 Å². The van der Waals surface area contributed by atoms with Crippen molar-refractivity contribution < 1.29 is 47.3 Å². The summed E-state index contributed by atoms with van der Waals surface area (Å²) >= 11 is 0. The van der Waals surface area contributed by atoms with Gasteiger partial charge in [-0.1, -0.05) is 36.4 Å². The van der Waals surface area contributed by atoms with E-state index in [-0.39, 0.29) is 46.7 Å². The van der Waals surface area contributed by atoms with Crippen LogP contribution < -0.4 is 35.0 Å². The van der Waals surface area contributed by atoms with Crippen molar-refractivity contribution in [2.24, 2.45) is 5.10 Å². The van der Waals surface area contributed by atoms with Crippen LogP contribution in [0, 0.1) is 6.92 Å². The molecule has 122 valence electrons. The Hall–Kier alpha value is -1.77. The van der Waals surface area contributed by atoms with Crippen LogP contribution in [-0.4, -0.2) is 24.5 Å². The van der Waals surface area contributed by atoms with Crippen LogP contribution in [0.4, 0.5) is 5.69 Å². The van der Waals surface area contributed by atoms with E-state index in [9.17, 15) is 17.8 Å². The van der Waals surface area contributed by atoms with Gasteiger partial charge in [-0.15, -0.1) is 0 Å². The number of fused-ring (bicyclic) bond motifs is 1. The molecule has 25 heavy (non-hydrogen) atoms. The first-order valence-electron chi connectivity index (χ1n) is 7.08. The number of rotatable bonds is 3. The standard InChI is InChI=1S/C17H14N2O4S.Na/c1-11-6-8-14(16(10-11)24(21,22)23)18-19-17-13-5-3-2-4-12(13)7-9-15(17)20;/h2-10,18H,1H3,(H,21,22,23);/q;+1/p-1/b19-17-;. The predicted octanol–water partition coefficient (Wildman–Crippen LogP) is -0.685. The number of ketones is 1. The number of hydrogen-bond acceptors (Lipinski definition) is 6. The molecule has 0 fully saturated rings. The number of benzene rings is 2. The van der Waals surface area contributed by atoms with Crippen molar-refractivity contribution in [2.45, 2.75) is 11.8 Å². The molecule has 1 N–H and O–H groups in total. The maximum atomic E-state index is 12.1. The van der Waals surface area contributed by atoms with Crippen molar-refractivity contribution in [3.8, 4) is 0 Å². The van der Waals surface area contributed by atoms with Crippen molar-refractivity contribution in [1.82, 2.24) is 0 Å². The smallest absolute Gasteiger partial charge is 0.744 e. The van der Waals surface area contributed by atoms with Crippen LogP contribution in [-0.2, 0) is 14.9 Å². The van der Waals surface area contributed by atoms with E-state index in [0.29, 0.717) is 11.1 Å². The average Bonchev–Trinajstić information content (AvgIpc) is 2.54.